The summed E-state index contributed by atoms with van der Waals surface area (Å²) in [5.74, 6) is 0. The van der Waals surface area contributed by atoms with Crippen LogP contribution in [0.4, 0.5) is 0 Å². The topological polar surface area (TPSA) is 33.1 Å². The van der Waals surface area contributed by atoms with Gasteiger partial charge in [0.1, 0.15) is 0 Å². The minimum atomic E-state index is -0.428. The Hall–Kier alpha value is -1.41. The third-order valence-corrected chi connectivity index (χ3v) is 3.99. The Morgan fingerprint density at radius 2 is 1.95 bits per heavy atom. The van der Waals surface area contributed by atoms with E-state index in [0.717, 1.165) is 19.3 Å². The molecule has 2 heteroatoms. The largest absolute Gasteiger partial charge is 0.390 e. The van der Waals surface area contributed by atoms with Gasteiger partial charge in [-0.1, -0.05) is 32.9 Å². The maximum absolute atomic E-state index is 10.0. The molecule has 0 saturated heterocycles. The lowest BCUT2D eigenvalue weighted by Gasteiger charge is -2.21. The second-order valence-corrected chi connectivity index (χ2v) is 6.89. The van der Waals surface area contributed by atoms with Crippen molar-refractivity contribution >= 4 is 10.8 Å². The summed E-state index contributed by atoms with van der Waals surface area (Å²) in [6.07, 6.45) is 6.53. The van der Waals surface area contributed by atoms with Gasteiger partial charge in [0.05, 0.1) is 5.60 Å². The van der Waals surface area contributed by atoms with Crippen molar-refractivity contribution in [1.82, 2.24) is 4.98 Å². The fourth-order valence-corrected chi connectivity index (χ4v) is 2.63. The van der Waals surface area contributed by atoms with Crippen molar-refractivity contribution in [1.29, 1.82) is 0 Å². The lowest BCUT2D eigenvalue weighted by atomic mass is 9.85. The van der Waals surface area contributed by atoms with Crippen LogP contribution in [0.3, 0.4) is 0 Å². The number of nitrogens with zero attached hydrogens (tertiary/aromatic N) is 1. The van der Waals surface area contributed by atoms with E-state index in [0.29, 0.717) is 0 Å². The smallest absolute Gasteiger partial charge is 0.0690 e. The van der Waals surface area contributed by atoms with Gasteiger partial charge in [-0.05, 0) is 40.8 Å². The number of aromatic nitrogens is 1. The van der Waals surface area contributed by atoms with Gasteiger partial charge in [-0.25, -0.2) is 0 Å². The fraction of sp³-hybridized carbons (Fsp3) is 0.471. The van der Waals surface area contributed by atoms with Crippen LogP contribution in [0.5, 0.6) is 0 Å². The lowest BCUT2D eigenvalue weighted by molar-refractivity contribution is 0.151. The van der Waals surface area contributed by atoms with Crippen LogP contribution in [0, 0.1) is 0 Å². The van der Waals surface area contributed by atoms with Crippen LogP contribution in [0.1, 0.15) is 44.7 Å². The molecule has 19 heavy (non-hydrogen) atoms. The molecule has 0 unspecified atom stereocenters. The van der Waals surface area contributed by atoms with E-state index in [9.17, 15) is 5.11 Å². The molecule has 1 saturated carbocycles. The molecular formula is C17H21NO. The van der Waals surface area contributed by atoms with E-state index < -0.39 is 5.60 Å². The summed E-state index contributed by atoms with van der Waals surface area (Å²) in [5.41, 5.74) is 2.16. The van der Waals surface area contributed by atoms with E-state index >= 15 is 0 Å². The zero-order valence-corrected chi connectivity index (χ0v) is 11.9. The molecule has 3 rings (SSSR count). The first kappa shape index (κ1) is 12.6. The normalized spacial score (nSPS) is 17.7. The number of fused-ring (bicyclic) bond motifs is 1. The zero-order valence-electron chi connectivity index (χ0n) is 11.9. The molecule has 2 nitrogen and oxygen atoms in total. The molecular weight excluding hydrogens is 234 g/mol. The first-order valence-corrected chi connectivity index (χ1v) is 6.97. The summed E-state index contributed by atoms with van der Waals surface area (Å²) in [6.45, 7) is 6.64. The summed E-state index contributed by atoms with van der Waals surface area (Å²) in [4.78, 5) is 4.37. The summed E-state index contributed by atoms with van der Waals surface area (Å²) >= 11 is 0. The summed E-state index contributed by atoms with van der Waals surface area (Å²) < 4.78 is 0. The monoisotopic (exact) mass is 255 g/mol. The molecule has 1 fully saturated rings. The molecule has 0 aliphatic heterocycles. The number of rotatable bonds is 2. The molecule has 0 amide bonds. The van der Waals surface area contributed by atoms with Gasteiger partial charge >= 0.3 is 0 Å². The summed E-state index contributed by atoms with van der Waals surface area (Å²) in [7, 11) is 0. The van der Waals surface area contributed by atoms with Crippen LogP contribution in [0.25, 0.3) is 10.8 Å². The van der Waals surface area contributed by atoms with Crippen LogP contribution in [0.15, 0.2) is 30.6 Å². The fourth-order valence-electron chi connectivity index (χ4n) is 2.63. The summed E-state index contributed by atoms with van der Waals surface area (Å²) in [5, 5.41) is 12.5. The highest BCUT2D eigenvalue weighted by molar-refractivity contribution is 5.86. The predicted molar refractivity (Wildman–Crippen MR) is 78.3 cm³/mol. The van der Waals surface area contributed by atoms with Gasteiger partial charge in [-0.15, -0.1) is 0 Å². The minimum absolute atomic E-state index is 0.0999. The SMILES string of the molecule is CC(C)(C)c1cncc2cc(CC3(O)CC3)ccc12. The number of hydrogen-bond donors (Lipinski definition) is 1. The minimum Gasteiger partial charge on any atom is -0.390 e. The Balaban J connectivity index is 2.05. The van der Waals surface area contributed by atoms with Crippen LogP contribution in [-0.4, -0.2) is 15.7 Å². The van der Waals surface area contributed by atoms with Gasteiger partial charge < -0.3 is 5.11 Å². The lowest BCUT2D eigenvalue weighted by Crippen LogP contribution is -2.13. The Morgan fingerprint density at radius 1 is 1.21 bits per heavy atom. The zero-order chi connectivity index (χ0) is 13.7. The standard InChI is InChI=1S/C17H21NO/c1-16(2,3)15-11-18-10-13-8-12(4-5-14(13)15)9-17(19)6-7-17/h4-5,8,10-11,19H,6-7,9H2,1-3H3. The Bertz CT molecular complexity index is 621. The van der Waals surface area contributed by atoms with E-state index in [2.05, 4.69) is 44.0 Å². The Morgan fingerprint density at radius 3 is 2.58 bits per heavy atom. The van der Waals surface area contributed by atoms with E-state index in [1.165, 1.54) is 21.9 Å². The second-order valence-electron chi connectivity index (χ2n) is 6.89. The average molecular weight is 255 g/mol. The molecule has 0 bridgehead atoms. The van der Waals surface area contributed by atoms with Gasteiger partial charge in [-0.3, -0.25) is 4.98 Å². The van der Waals surface area contributed by atoms with Gasteiger partial charge in [0.15, 0.2) is 0 Å². The highest BCUT2D eigenvalue weighted by Crippen LogP contribution is 2.39. The Kier molecular flexibility index (Phi) is 2.68. The van der Waals surface area contributed by atoms with Gasteiger partial charge in [0, 0.05) is 24.2 Å². The van der Waals surface area contributed by atoms with Gasteiger partial charge in [-0.2, -0.15) is 0 Å². The molecule has 1 N–H and O–H groups in total. The van der Waals surface area contributed by atoms with Crippen molar-refractivity contribution in [2.24, 2.45) is 0 Å². The highest BCUT2D eigenvalue weighted by atomic mass is 16.3. The number of pyridine rings is 1. The van der Waals surface area contributed by atoms with Crippen molar-refractivity contribution in [3.05, 3.63) is 41.7 Å². The van der Waals surface area contributed by atoms with E-state index in [1.54, 1.807) is 0 Å². The molecule has 0 atom stereocenters. The third kappa shape index (κ3) is 2.50. The van der Waals surface area contributed by atoms with Crippen molar-refractivity contribution in [2.45, 2.75) is 51.0 Å². The highest BCUT2D eigenvalue weighted by Gasteiger charge is 2.40. The van der Waals surface area contributed by atoms with E-state index in [-0.39, 0.29) is 5.41 Å². The second kappa shape index (κ2) is 4.04. The van der Waals surface area contributed by atoms with E-state index in [1.807, 2.05) is 12.4 Å². The summed E-state index contributed by atoms with van der Waals surface area (Å²) in [6, 6.07) is 6.50. The molecule has 100 valence electrons. The quantitative estimate of drug-likeness (QED) is 0.889. The van der Waals surface area contributed by atoms with Crippen molar-refractivity contribution in [2.75, 3.05) is 0 Å². The first-order valence-electron chi connectivity index (χ1n) is 6.97. The molecule has 1 aromatic carbocycles. The number of benzene rings is 1. The van der Waals surface area contributed by atoms with Crippen LogP contribution >= 0.6 is 0 Å². The molecule has 0 radical (unpaired) electrons. The van der Waals surface area contributed by atoms with Crippen molar-refractivity contribution < 1.29 is 5.11 Å². The first-order chi connectivity index (χ1) is 8.87. The molecule has 1 aliphatic rings. The number of hydrogen-bond acceptors (Lipinski definition) is 2. The van der Waals surface area contributed by atoms with Crippen molar-refractivity contribution in [3.63, 3.8) is 0 Å². The molecule has 0 spiro atoms. The van der Waals surface area contributed by atoms with E-state index in [4.69, 9.17) is 0 Å². The van der Waals surface area contributed by atoms with Gasteiger partial charge in [0.25, 0.3) is 0 Å². The van der Waals surface area contributed by atoms with Crippen molar-refractivity contribution in [3.8, 4) is 0 Å². The van der Waals surface area contributed by atoms with Crippen LogP contribution < -0.4 is 0 Å². The van der Waals surface area contributed by atoms with Crippen LogP contribution in [-0.2, 0) is 11.8 Å². The molecule has 1 heterocycles. The van der Waals surface area contributed by atoms with Crippen LogP contribution in [0.2, 0.25) is 0 Å². The predicted octanol–water partition coefficient (Wildman–Crippen LogP) is 3.60. The number of aliphatic hydroxyl groups is 1. The van der Waals surface area contributed by atoms with Gasteiger partial charge in [0.2, 0.25) is 0 Å². The maximum atomic E-state index is 10.0. The molecule has 2 aromatic rings. The maximum Gasteiger partial charge on any atom is 0.0690 e. The molecule has 1 aliphatic carbocycles. The average Bonchev–Trinajstić information content (AvgIpc) is 3.04. The third-order valence-electron chi connectivity index (χ3n) is 3.99. The Labute approximate surface area is 114 Å². The molecule has 1 aromatic heterocycles.